The van der Waals surface area contributed by atoms with Crippen LogP contribution in [0.1, 0.15) is 19.3 Å². The summed E-state index contributed by atoms with van der Waals surface area (Å²) in [6.07, 6.45) is 2.01. The van der Waals surface area contributed by atoms with E-state index in [1.165, 1.54) is 9.80 Å². The van der Waals surface area contributed by atoms with E-state index in [0.29, 0.717) is 24.4 Å². The molecule has 0 spiro atoms. The Kier molecular flexibility index (Phi) is 4.75. The number of carbonyl (C=O) groups is 3. The molecule has 1 N–H and O–H groups in total. The number of hydrogen-bond donors (Lipinski definition) is 1. The molecule has 2 heterocycles. The fraction of sp³-hybridized carbons (Fsp3) is 0.438. The van der Waals surface area contributed by atoms with Crippen molar-refractivity contribution >= 4 is 39.4 Å². The standard InChI is InChI=1S/C16H17BrN2O5/c17-10-4-5-11-13(7-10)24-9-15(21)19(11)8-14(20)18-6-2-1-3-12(18)16(22)23/h4-5,7,12H,1-3,6,8-9H2,(H,22,23)/t12-/m0/s1. The normalized spacial score (nSPS) is 20.4. The molecule has 2 amide bonds. The second-order valence-corrected chi connectivity index (χ2v) is 6.73. The van der Waals surface area contributed by atoms with Gasteiger partial charge >= 0.3 is 5.97 Å². The second kappa shape index (κ2) is 6.80. The highest BCUT2D eigenvalue weighted by atomic mass is 79.9. The zero-order valence-corrected chi connectivity index (χ0v) is 14.5. The number of carboxylic acids is 1. The number of rotatable bonds is 3. The SMILES string of the molecule is O=C(O)[C@@H]1CCCCN1C(=O)CN1C(=O)COc2cc(Br)ccc21. The van der Waals surface area contributed by atoms with Crippen LogP contribution in [0.5, 0.6) is 5.75 Å². The molecule has 7 nitrogen and oxygen atoms in total. The Morgan fingerprint density at radius 2 is 2.12 bits per heavy atom. The third-order valence-corrected chi connectivity index (χ3v) is 4.76. The predicted octanol–water partition coefficient (Wildman–Crippen LogP) is 1.64. The molecular weight excluding hydrogens is 380 g/mol. The van der Waals surface area contributed by atoms with Gasteiger partial charge < -0.3 is 14.7 Å². The van der Waals surface area contributed by atoms with Crippen LogP contribution < -0.4 is 9.64 Å². The number of carbonyl (C=O) groups excluding carboxylic acids is 2. The van der Waals surface area contributed by atoms with Crippen molar-refractivity contribution in [1.82, 2.24) is 4.90 Å². The molecule has 1 saturated heterocycles. The molecule has 0 unspecified atom stereocenters. The minimum absolute atomic E-state index is 0.140. The molecule has 0 aromatic heterocycles. The van der Waals surface area contributed by atoms with E-state index in [0.717, 1.165) is 17.3 Å². The number of hydrogen-bond acceptors (Lipinski definition) is 4. The largest absolute Gasteiger partial charge is 0.482 e. The van der Waals surface area contributed by atoms with Gasteiger partial charge in [0.15, 0.2) is 6.61 Å². The van der Waals surface area contributed by atoms with Gasteiger partial charge in [0.1, 0.15) is 18.3 Å². The van der Waals surface area contributed by atoms with Crippen LogP contribution in [0.15, 0.2) is 22.7 Å². The van der Waals surface area contributed by atoms with Crippen molar-refractivity contribution in [2.75, 3.05) is 24.6 Å². The molecule has 24 heavy (non-hydrogen) atoms. The number of fused-ring (bicyclic) bond motifs is 1. The first kappa shape index (κ1) is 16.8. The first-order valence-corrected chi connectivity index (χ1v) is 8.51. The lowest BCUT2D eigenvalue weighted by Gasteiger charge is -2.35. The maximum absolute atomic E-state index is 12.6. The summed E-state index contributed by atoms with van der Waals surface area (Å²) in [5.41, 5.74) is 0.520. The van der Waals surface area contributed by atoms with Gasteiger partial charge in [-0.05, 0) is 37.5 Å². The maximum atomic E-state index is 12.6. The van der Waals surface area contributed by atoms with E-state index in [-0.39, 0.29) is 25.0 Å². The van der Waals surface area contributed by atoms with Crippen molar-refractivity contribution in [1.29, 1.82) is 0 Å². The number of nitrogens with zero attached hydrogens (tertiary/aromatic N) is 2. The van der Waals surface area contributed by atoms with Crippen LogP contribution in [-0.4, -0.2) is 53.5 Å². The summed E-state index contributed by atoms with van der Waals surface area (Å²) in [7, 11) is 0. The zero-order chi connectivity index (χ0) is 17.3. The third kappa shape index (κ3) is 3.24. The molecule has 1 fully saturated rings. The van der Waals surface area contributed by atoms with Gasteiger partial charge in [0, 0.05) is 11.0 Å². The van der Waals surface area contributed by atoms with E-state index < -0.39 is 12.0 Å². The van der Waals surface area contributed by atoms with Crippen molar-refractivity contribution in [3.05, 3.63) is 22.7 Å². The number of carboxylic acid groups (broad SMARTS) is 1. The van der Waals surface area contributed by atoms with E-state index in [2.05, 4.69) is 15.9 Å². The Bertz CT molecular complexity index is 693. The summed E-state index contributed by atoms with van der Waals surface area (Å²) in [6.45, 7) is 0.0845. The highest BCUT2D eigenvalue weighted by molar-refractivity contribution is 9.10. The van der Waals surface area contributed by atoms with Crippen LogP contribution in [0.4, 0.5) is 5.69 Å². The minimum Gasteiger partial charge on any atom is -0.482 e. The number of likely N-dealkylation sites (tertiary alicyclic amines) is 1. The lowest BCUT2D eigenvalue weighted by atomic mass is 10.0. The Morgan fingerprint density at radius 3 is 2.88 bits per heavy atom. The Balaban J connectivity index is 1.81. The van der Waals surface area contributed by atoms with Gasteiger partial charge in [0.05, 0.1) is 5.69 Å². The number of benzene rings is 1. The van der Waals surface area contributed by atoms with Gasteiger partial charge in [-0.25, -0.2) is 4.79 Å². The molecule has 2 aliphatic heterocycles. The summed E-state index contributed by atoms with van der Waals surface area (Å²) >= 11 is 3.34. The molecule has 1 aromatic rings. The summed E-state index contributed by atoms with van der Waals surface area (Å²) in [4.78, 5) is 38.9. The van der Waals surface area contributed by atoms with E-state index in [1.807, 2.05) is 0 Å². The van der Waals surface area contributed by atoms with Gasteiger partial charge in [-0.15, -0.1) is 0 Å². The van der Waals surface area contributed by atoms with Crippen LogP contribution in [-0.2, 0) is 14.4 Å². The van der Waals surface area contributed by atoms with Crippen LogP contribution >= 0.6 is 15.9 Å². The van der Waals surface area contributed by atoms with E-state index >= 15 is 0 Å². The summed E-state index contributed by atoms with van der Waals surface area (Å²) < 4.78 is 6.20. The van der Waals surface area contributed by atoms with Crippen LogP contribution in [0.3, 0.4) is 0 Å². The summed E-state index contributed by atoms with van der Waals surface area (Å²) in [5.74, 6) is -1.15. The maximum Gasteiger partial charge on any atom is 0.326 e. The highest BCUT2D eigenvalue weighted by Crippen LogP contribution is 2.34. The molecule has 8 heteroatoms. The van der Waals surface area contributed by atoms with Gasteiger partial charge in [-0.2, -0.15) is 0 Å². The van der Waals surface area contributed by atoms with Crippen molar-refractivity contribution in [3.63, 3.8) is 0 Å². The third-order valence-electron chi connectivity index (χ3n) is 4.27. The van der Waals surface area contributed by atoms with E-state index in [4.69, 9.17) is 4.74 Å². The molecule has 1 atom stereocenters. The first-order valence-electron chi connectivity index (χ1n) is 7.72. The number of anilines is 1. The number of halogens is 1. The van der Waals surface area contributed by atoms with E-state index in [1.54, 1.807) is 18.2 Å². The molecule has 3 rings (SSSR count). The lowest BCUT2D eigenvalue weighted by molar-refractivity contribution is -0.151. The fourth-order valence-corrected chi connectivity index (χ4v) is 3.40. The topological polar surface area (TPSA) is 87.2 Å². The fourth-order valence-electron chi connectivity index (χ4n) is 3.06. The Hall–Kier alpha value is -2.09. The average Bonchev–Trinajstić information content (AvgIpc) is 2.57. The van der Waals surface area contributed by atoms with Gasteiger partial charge in [0.2, 0.25) is 5.91 Å². The zero-order valence-electron chi connectivity index (χ0n) is 12.9. The molecular formula is C16H17BrN2O5. The van der Waals surface area contributed by atoms with Crippen LogP contribution in [0, 0.1) is 0 Å². The lowest BCUT2D eigenvalue weighted by Crippen LogP contribution is -2.53. The monoisotopic (exact) mass is 396 g/mol. The van der Waals surface area contributed by atoms with Crippen molar-refractivity contribution in [2.45, 2.75) is 25.3 Å². The highest BCUT2D eigenvalue weighted by Gasteiger charge is 2.35. The summed E-state index contributed by atoms with van der Waals surface area (Å²) in [6, 6.07) is 4.39. The minimum atomic E-state index is -0.999. The quantitative estimate of drug-likeness (QED) is 0.838. The molecule has 128 valence electrons. The predicted molar refractivity (Wildman–Crippen MR) is 89.0 cm³/mol. The number of amides is 2. The number of aliphatic carboxylic acids is 1. The Morgan fingerprint density at radius 1 is 1.33 bits per heavy atom. The number of piperidine rings is 1. The molecule has 0 aliphatic carbocycles. The Labute approximate surface area is 147 Å². The van der Waals surface area contributed by atoms with Crippen molar-refractivity contribution < 1.29 is 24.2 Å². The molecule has 0 radical (unpaired) electrons. The number of ether oxygens (including phenoxy) is 1. The smallest absolute Gasteiger partial charge is 0.326 e. The average molecular weight is 397 g/mol. The second-order valence-electron chi connectivity index (χ2n) is 5.82. The van der Waals surface area contributed by atoms with Crippen molar-refractivity contribution in [3.8, 4) is 5.75 Å². The molecule has 2 aliphatic rings. The summed E-state index contributed by atoms with van der Waals surface area (Å²) in [5, 5.41) is 9.30. The van der Waals surface area contributed by atoms with Gasteiger partial charge in [-0.3, -0.25) is 14.5 Å². The molecule has 1 aromatic carbocycles. The molecule has 0 saturated carbocycles. The van der Waals surface area contributed by atoms with Crippen LogP contribution in [0.2, 0.25) is 0 Å². The van der Waals surface area contributed by atoms with Crippen molar-refractivity contribution in [2.24, 2.45) is 0 Å². The van der Waals surface area contributed by atoms with Gasteiger partial charge in [-0.1, -0.05) is 15.9 Å². The van der Waals surface area contributed by atoms with Crippen LogP contribution in [0.25, 0.3) is 0 Å². The first-order chi connectivity index (χ1) is 11.5. The molecule has 0 bridgehead atoms. The van der Waals surface area contributed by atoms with E-state index in [9.17, 15) is 19.5 Å². The van der Waals surface area contributed by atoms with Gasteiger partial charge in [0.25, 0.3) is 5.91 Å².